The van der Waals surface area contributed by atoms with Crippen LogP contribution >= 0.6 is 0 Å². The van der Waals surface area contributed by atoms with E-state index < -0.39 is 0 Å². The van der Waals surface area contributed by atoms with E-state index in [-0.39, 0.29) is 0 Å². The molecule has 0 saturated carbocycles. The van der Waals surface area contributed by atoms with Gasteiger partial charge in [-0.3, -0.25) is 0 Å². The zero-order valence-electron chi connectivity index (χ0n) is 36.0. The standard InChI is InChI=1S/C56H58N4/c1-5-9-15-39-23-27-53-47(31-39)48-32-40(16-10-6-2)24-28-54(48)59(53)45-21-13-19-43(35-45)51-37-52(58-38-57-51)44-20-14-22-46(36-44)60-55-29-25-41(17-11-7-3)33-49(55)50-34-42(18-12-8-4)26-30-56(50)60/h13-14,19-38H,5-12,15-18H2,1-4H3. The Hall–Kier alpha value is -6.00. The minimum atomic E-state index is 0.910. The van der Waals surface area contributed by atoms with E-state index in [1.807, 2.05) is 0 Å². The molecule has 0 fully saturated rings. The predicted molar refractivity (Wildman–Crippen MR) is 256 cm³/mol. The third-order valence-corrected chi connectivity index (χ3v) is 12.5. The van der Waals surface area contributed by atoms with Gasteiger partial charge in [-0.05, 0) is 152 Å². The van der Waals surface area contributed by atoms with Gasteiger partial charge in [0.2, 0.25) is 0 Å². The summed E-state index contributed by atoms with van der Waals surface area (Å²) in [6, 6.07) is 48.3. The Balaban J connectivity index is 1.10. The van der Waals surface area contributed by atoms with E-state index >= 15 is 0 Å². The Morgan fingerprint density at radius 2 is 0.700 bits per heavy atom. The minimum absolute atomic E-state index is 0.910. The van der Waals surface area contributed by atoms with E-state index in [2.05, 4.69) is 164 Å². The van der Waals surface area contributed by atoms with Crippen LogP contribution < -0.4 is 0 Å². The highest BCUT2D eigenvalue weighted by molar-refractivity contribution is 6.11. The fourth-order valence-corrected chi connectivity index (χ4v) is 9.22. The van der Waals surface area contributed by atoms with Crippen molar-refractivity contribution in [2.75, 3.05) is 0 Å². The Labute approximate surface area is 356 Å². The summed E-state index contributed by atoms with van der Waals surface area (Å²) >= 11 is 0. The third kappa shape index (κ3) is 7.76. The van der Waals surface area contributed by atoms with E-state index in [4.69, 9.17) is 9.97 Å². The maximum Gasteiger partial charge on any atom is 0.116 e. The predicted octanol–water partition coefficient (Wildman–Crippen LogP) is 15.4. The van der Waals surface area contributed by atoms with Crippen molar-refractivity contribution in [3.05, 3.63) is 156 Å². The first-order valence-corrected chi connectivity index (χ1v) is 22.7. The van der Waals surface area contributed by atoms with Gasteiger partial charge in [-0.2, -0.15) is 0 Å². The molecule has 302 valence electrons. The first kappa shape index (κ1) is 39.5. The van der Waals surface area contributed by atoms with Gasteiger partial charge < -0.3 is 9.13 Å². The van der Waals surface area contributed by atoms with Crippen LogP contribution in [0.15, 0.2) is 134 Å². The highest BCUT2D eigenvalue weighted by Gasteiger charge is 2.17. The molecular formula is C56H58N4. The van der Waals surface area contributed by atoms with Crippen molar-refractivity contribution in [1.29, 1.82) is 0 Å². The van der Waals surface area contributed by atoms with E-state index in [0.29, 0.717) is 0 Å². The summed E-state index contributed by atoms with van der Waals surface area (Å²) < 4.78 is 4.89. The Morgan fingerprint density at radius 3 is 1.02 bits per heavy atom. The Bertz CT molecular complexity index is 2620. The lowest BCUT2D eigenvalue weighted by Gasteiger charge is -2.12. The molecule has 0 spiro atoms. The van der Waals surface area contributed by atoms with Crippen LogP contribution in [-0.4, -0.2) is 19.1 Å². The molecule has 3 aromatic heterocycles. The number of hydrogen-bond acceptors (Lipinski definition) is 2. The van der Waals surface area contributed by atoms with Gasteiger partial charge in [0.1, 0.15) is 6.33 Å². The molecule has 0 aliphatic carbocycles. The van der Waals surface area contributed by atoms with Gasteiger partial charge in [0.05, 0.1) is 33.5 Å². The summed E-state index contributed by atoms with van der Waals surface area (Å²) in [7, 11) is 0. The van der Waals surface area contributed by atoms with Crippen LogP contribution in [0.2, 0.25) is 0 Å². The molecule has 4 nitrogen and oxygen atoms in total. The number of fused-ring (bicyclic) bond motifs is 6. The average molecular weight is 787 g/mol. The fraction of sp³-hybridized carbons (Fsp3) is 0.286. The molecule has 0 aliphatic rings. The van der Waals surface area contributed by atoms with Crippen LogP contribution in [0.3, 0.4) is 0 Å². The van der Waals surface area contributed by atoms with Gasteiger partial charge in [0.25, 0.3) is 0 Å². The average Bonchev–Trinajstić information content (AvgIpc) is 3.80. The summed E-state index contributed by atoms with van der Waals surface area (Å²) in [6.07, 6.45) is 15.8. The molecule has 0 aliphatic heterocycles. The molecule has 0 N–H and O–H groups in total. The second-order valence-electron chi connectivity index (χ2n) is 16.9. The second kappa shape index (κ2) is 17.7. The zero-order chi connectivity index (χ0) is 41.0. The molecule has 60 heavy (non-hydrogen) atoms. The van der Waals surface area contributed by atoms with Crippen LogP contribution in [0, 0.1) is 0 Å². The van der Waals surface area contributed by atoms with Gasteiger partial charge in [0.15, 0.2) is 0 Å². The normalized spacial score (nSPS) is 11.8. The summed E-state index contributed by atoms with van der Waals surface area (Å²) in [5.74, 6) is 0. The molecule has 0 amide bonds. The lowest BCUT2D eigenvalue weighted by molar-refractivity contribution is 0.795. The molecule has 3 heterocycles. The van der Waals surface area contributed by atoms with Crippen molar-refractivity contribution in [3.8, 4) is 33.9 Å². The van der Waals surface area contributed by atoms with Crippen LogP contribution in [0.1, 0.15) is 101 Å². The molecule has 4 heteroatoms. The summed E-state index contributed by atoms with van der Waals surface area (Å²) in [4.78, 5) is 9.70. The van der Waals surface area contributed by atoms with Gasteiger partial charge in [-0.15, -0.1) is 0 Å². The third-order valence-electron chi connectivity index (χ3n) is 12.5. The summed E-state index contributed by atoms with van der Waals surface area (Å²) in [6.45, 7) is 9.09. The number of aryl methyl sites for hydroxylation is 4. The fourth-order valence-electron chi connectivity index (χ4n) is 9.22. The lowest BCUT2D eigenvalue weighted by atomic mass is 10.0. The van der Waals surface area contributed by atoms with Crippen LogP contribution in [0.4, 0.5) is 0 Å². The second-order valence-corrected chi connectivity index (χ2v) is 16.9. The molecule has 0 atom stereocenters. The molecule has 0 bridgehead atoms. The van der Waals surface area contributed by atoms with Crippen molar-refractivity contribution in [2.24, 2.45) is 0 Å². The van der Waals surface area contributed by atoms with Gasteiger partial charge in [-0.1, -0.05) is 102 Å². The zero-order valence-corrected chi connectivity index (χ0v) is 36.0. The SMILES string of the molecule is CCCCc1ccc2c(c1)c1cc(CCCC)ccc1n2-c1cccc(-c2cc(-c3cccc(-n4c5ccc(CCCC)cc5c5cc(CCCC)ccc54)c3)ncn2)c1. The van der Waals surface area contributed by atoms with Crippen molar-refractivity contribution in [1.82, 2.24) is 19.1 Å². The van der Waals surface area contributed by atoms with E-state index in [0.717, 1.165) is 59.6 Å². The monoisotopic (exact) mass is 786 g/mol. The quantitative estimate of drug-likeness (QED) is 0.0978. The Morgan fingerprint density at radius 1 is 0.367 bits per heavy atom. The Kier molecular flexibility index (Phi) is 11.6. The summed E-state index contributed by atoms with van der Waals surface area (Å²) in [5.41, 5.74) is 16.9. The van der Waals surface area contributed by atoms with Crippen molar-refractivity contribution in [2.45, 2.75) is 105 Å². The van der Waals surface area contributed by atoms with Crippen LogP contribution in [0.25, 0.3) is 77.5 Å². The van der Waals surface area contributed by atoms with E-state index in [1.165, 1.54) is 117 Å². The van der Waals surface area contributed by atoms with Crippen LogP contribution in [-0.2, 0) is 25.7 Å². The lowest BCUT2D eigenvalue weighted by Crippen LogP contribution is -1.97. The molecule has 9 aromatic rings. The van der Waals surface area contributed by atoms with Gasteiger partial charge in [-0.25, -0.2) is 9.97 Å². The first-order chi connectivity index (χ1) is 29.6. The molecule has 6 aromatic carbocycles. The molecular weight excluding hydrogens is 729 g/mol. The largest absolute Gasteiger partial charge is 0.309 e. The topological polar surface area (TPSA) is 35.6 Å². The molecule has 0 saturated heterocycles. The maximum absolute atomic E-state index is 4.85. The maximum atomic E-state index is 4.85. The minimum Gasteiger partial charge on any atom is -0.309 e. The number of aromatic nitrogens is 4. The van der Waals surface area contributed by atoms with Gasteiger partial charge >= 0.3 is 0 Å². The highest BCUT2D eigenvalue weighted by Crippen LogP contribution is 2.37. The number of benzene rings is 6. The number of unbranched alkanes of at least 4 members (excludes halogenated alkanes) is 4. The van der Waals surface area contributed by atoms with Gasteiger partial charge in [0, 0.05) is 44.0 Å². The first-order valence-electron chi connectivity index (χ1n) is 22.7. The number of hydrogen-bond donors (Lipinski definition) is 0. The van der Waals surface area contributed by atoms with Crippen LogP contribution in [0.5, 0.6) is 0 Å². The molecule has 0 radical (unpaired) electrons. The number of nitrogens with zero attached hydrogens (tertiary/aromatic N) is 4. The van der Waals surface area contributed by atoms with Crippen molar-refractivity contribution < 1.29 is 0 Å². The highest BCUT2D eigenvalue weighted by atomic mass is 15.0. The molecule has 0 unspecified atom stereocenters. The smallest absolute Gasteiger partial charge is 0.116 e. The van der Waals surface area contributed by atoms with Crippen molar-refractivity contribution in [3.63, 3.8) is 0 Å². The van der Waals surface area contributed by atoms with E-state index in [9.17, 15) is 0 Å². The molecule has 9 rings (SSSR count). The van der Waals surface area contributed by atoms with E-state index in [1.54, 1.807) is 6.33 Å². The number of rotatable bonds is 16. The summed E-state index contributed by atoms with van der Waals surface area (Å²) in [5, 5.41) is 5.35. The van der Waals surface area contributed by atoms with Crippen molar-refractivity contribution >= 4 is 43.6 Å².